The molecule has 5 nitrogen and oxygen atoms in total. The standard InChI is InChI=1S/C10H9N3O2/c1-15-10(14)6-5-8-3-2-4-9(7-8)12-13-11/h2-7H,1H3. The number of carbonyl (C=O) groups is 1. The summed E-state index contributed by atoms with van der Waals surface area (Å²) in [6.45, 7) is 0. The third-order valence-corrected chi connectivity index (χ3v) is 1.64. The molecule has 1 rings (SSSR count). The first-order chi connectivity index (χ1) is 7.26. The van der Waals surface area contributed by atoms with E-state index in [1.807, 2.05) is 0 Å². The fourth-order valence-electron chi connectivity index (χ4n) is 0.975. The van der Waals surface area contributed by atoms with Crippen LogP contribution in [0.5, 0.6) is 0 Å². The Hall–Kier alpha value is -2.26. The molecular formula is C10H9N3O2. The number of nitrogens with zero attached hydrogens (tertiary/aromatic N) is 3. The first-order valence-electron chi connectivity index (χ1n) is 4.17. The molecule has 0 aliphatic heterocycles. The minimum atomic E-state index is -0.427. The summed E-state index contributed by atoms with van der Waals surface area (Å²) >= 11 is 0. The maximum absolute atomic E-state index is 10.8. The van der Waals surface area contributed by atoms with Crippen molar-refractivity contribution in [2.45, 2.75) is 0 Å². The zero-order valence-corrected chi connectivity index (χ0v) is 8.12. The van der Waals surface area contributed by atoms with Crippen molar-refractivity contribution >= 4 is 17.7 Å². The summed E-state index contributed by atoms with van der Waals surface area (Å²) in [6.07, 6.45) is 2.89. The van der Waals surface area contributed by atoms with Crippen LogP contribution in [0.25, 0.3) is 16.5 Å². The number of carbonyl (C=O) groups excluding carboxylic acids is 1. The summed E-state index contributed by atoms with van der Waals surface area (Å²) in [5, 5.41) is 3.45. The normalized spacial score (nSPS) is 9.67. The molecule has 0 aliphatic rings. The fraction of sp³-hybridized carbons (Fsp3) is 0.100. The Labute approximate surface area is 86.6 Å². The van der Waals surface area contributed by atoms with Gasteiger partial charge in [0, 0.05) is 16.7 Å². The lowest BCUT2D eigenvalue weighted by Crippen LogP contribution is -1.93. The molecule has 1 aromatic carbocycles. The van der Waals surface area contributed by atoms with Gasteiger partial charge in [-0.05, 0) is 23.2 Å². The molecule has 0 N–H and O–H groups in total. The van der Waals surface area contributed by atoms with E-state index in [-0.39, 0.29) is 0 Å². The second-order valence-electron chi connectivity index (χ2n) is 2.64. The number of benzene rings is 1. The minimum absolute atomic E-state index is 0.427. The van der Waals surface area contributed by atoms with Gasteiger partial charge in [-0.3, -0.25) is 0 Å². The molecule has 0 amide bonds. The predicted octanol–water partition coefficient (Wildman–Crippen LogP) is 2.81. The monoisotopic (exact) mass is 203 g/mol. The number of methoxy groups -OCH3 is 1. The Bertz CT molecular complexity index is 434. The third kappa shape index (κ3) is 3.54. The van der Waals surface area contributed by atoms with Gasteiger partial charge in [-0.2, -0.15) is 0 Å². The van der Waals surface area contributed by atoms with Gasteiger partial charge in [-0.15, -0.1) is 0 Å². The summed E-state index contributed by atoms with van der Waals surface area (Å²) < 4.78 is 4.44. The minimum Gasteiger partial charge on any atom is -0.466 e. The van der Waals surface area contributed by atoms with E-state index >= 15 is 0 Å². The van der Waals surface area contributed by atoms with Gasteiger partial charge in [0.15, 0.2) is 0 Å². The molecule has 0 heterocycles. The zero-order chi connectivity index (χ0) is 11.1. The molecule has 0 radical (unpaired) electrons. The lowest BCUT2D eigenvalue weighted by Gasteiger charge is -1.94. The van der Waals surface area contributed by atoms with Crippen molar-refractivity contribution in [2.24, 2.45) is 5.11 Å². The number of esters is 1. The van der Waals surface area contributed by atoms with Crippen LogP contribution in [0.15, 0.2) is 35.5 Å². The van der Waals surface area contributed by atoms with E-state index in [9.17, 15) is 4.79 Å². The molecule has 15 heavy (non-hydrogen) atoms. The summed E-state index contributed by atoms with van der Waals surface area (Å²) in [6, 6.07) is 6.87. The van der Waals surface area contributed by atoms with Crippen LogP contribution in [0.1, 0.15) is 5.56 Å². The second-order valence-corrected chi connectivity index (χ2v) is 2.64. The maximum atomic E-state index is 10.8. The summed E-state index contributed by atoms with van der Waals surface area (Å²) in [4.78, 5) is 13.5. The Kier molecular flexibility index (Phi) is 3.94. The van der Waals surface area contributed by atoms with E-state index in [4.69, 9.17) is 5.53 Å². The zero-order valence-electron chi connectivity index (χ0n) is 8.12. The lowest BCUT2D eigenvalue weighted by atomic mass is 10.2. The largest absolute Gasteiger partial charge is 0.466 e. The highest BCUT2D eigenvalue weighted by molar-refractivity contribution is 5.87. The Morgan fingerprint density at radius 2 is 2.40 bits per heavy atom. The van der Waals surface area contributed by atoms with E-state index in [1.165, 1.54) is 13.2 Å². The number of ether oxygens (including phenoxy) is 1. The molecule has 0 spiro atoms. The van der Waals surface area contributed by atoms with Crippen LogP contribution < -0.4 is 0 Å². The average molecular weight is 203 g/mol. The van der Waals surface area contributed by atoms with Gasteiger partial charge in [0.25, 0.3) is 0 Å². The van der Waals surface area contributed by atoms with Crippen LogP contribution in [-0.4, -0.2) is 13.1 Å². The van der Waals surface area contributed by atoms with Gasteiger partial charge in [0.2, 0.25) is 0 Å². The van der Waals surface area contributed by atoms with E-state index in [1.54, 1.807) is 30.3 Å². The first kappa shape index (κ1) is 10.8. The van der Waals surface area contributed by atoms with E-state index in [0.29, 0.717) is 5.69 Å². The Morgan fingerprint density at radius 1 is 1.60 bits per heavy atom. The highest BCUT2D eigenvalue weighted by Crippen LogP contribution is 2.15. The van der Waals surface area contributed by atoms with Crippen molar-refractivity contribution in [3.63, 3.8) is 0 Å². The van der Waals surface area contributed by atoms with Crippen LogP contribution in [0, 0.1) is 0 Å². The fourth-order valence-corrected chi connectivity index (χ4v) is 0.975. The molecule has 0 saturated carbocycles. The molecule has 1 aromatic rings. The average Bonchev–Trinajstić information content (AvgIpc) is 2.27. The van der Waals surface area contributed by atoms with Crippen LogP contribution in [0.2, 0.25) is 0 Å². The SMILES string of the molecule is COC(=O)C=Cc1cccc(N=[N+]=[N-])c1. The quantitative estimate of drug-likeness (QED) is 0.249. The molecule has 5 heteroatoms. The predicted molar refractivity (Wildman–Crippen MR) is 56.3 cm³/mol. The van der Waals surface area contributed by atoms with E-state index in [2.05, 4.69) is 14.8 Å². The summed E-state index contributed by atoms with van der Waals surface area (Å²) in [7, 11) is 1.31. The van der Waals surface area contributed by atoms with Gasteiger partial charge in [0.1, 0.15) is 0 Å². The molecule has 0 bridgehead atoms. The van der Waals surface area contributed by atoms with Crippen molar-refractivity contribution in [3.05, 3.63) is 46.3 Å². The van der Waals surface area contributed by atoms with Crippen molar-refractivity contribution in [1.29, 1.82) is 0 Å². The maximum Gasteiger partial charge on any atom is 0.330 e. The van der Waals surface area contributed by atoms with Crippen molar-refractivity contribution in [3.8, 4) is 0 Å². The summed E-state index contributed by atoms with van der Waals surface area (Å²) in [5.41, 5.74) is 9.51. The smallest absolute Gasteiger partial charge is 0.330 e. The topological polar surface area (TPSA) is 75.1 Å². The van der Waals surface area contributed by atoms with Gasteiger partial charge in [-0.1, -0.05) is 23.3 Å². The number of rotatable bonds is 3. The van der Waals surface area contributed by atoms with E-state index in [0.717, 1.165) is 5.56 Å². The first-order valence-corrected chi connectivity index (χ1v) is 4.17. The number of hydrogen-bond donors (Lipinski definition) is 0. The van der Waals surface area contributed by atoms with Crippen LogP contribution in [-0.2, 0) is 9.53 Å². The van der Waals surface area contributed by atoms with Gasteiger partial charge in [0.05, 0.1) is 7.11 Å². The van der Waals surface area contributed by atoms with Gasteiger partial charge < -0.3 is 4.74 Å². The molecule has 0 aliphatic carbocycles. The van der Waals surface area contributed by atoms with Crippen molar-refractivity contribution in [2.75, 3.05) is 7.11 Å². The Balaban J connectivity index is 2.86. The third-order valence-electron chi connectivity index (χ3n) is 1.64. The molecule has 0 aromatic heterocycles. The highest BCUT2D eigenvalue weighted by atomic mass is 16.5. The number of azide groups is 1. The van der Waals surface area contributed by atoms with Crippen LogP contribution >= 0.6 is 0 Å². The number of hydrogen-bond acceptors (Lipinski definition) is 3. The molecule has 0 unspecified atom stereocenters. The molecular weight excluding hydrogens is 194 g/mol. The van der Waals surface area contributed by atoms with Crippen molar-refractivity contribution < 1.29 is 9.53 Å². The second kappa shape index (κ2) is 5.47. The van der Waals surface area contributed by atoms with Crippen LogP contribution in [0.4, 0.5) is 5.69 Å². The highest BCUT2D eigenvalue weighted by Gasteiger charge is 1.93. The van der Waals surface area contributed by atoms with Gasteiger partial charge >= 0.3 is 5.97 Å². The Morgan fingerprint density at radius 3 is 3.07 bits per heavy atom. The lowest BCUT2D eigenvalue weighted by molar-refractivity contribution is -0.134. The van der Waals surface area contributed by atoms with E-state index < -0.39 is 5.97 Å². The molecule has 76 valence electrons. The molecule has 0 fully saturated rings. The van der Waals surface area contributed by atoms with Crippen molar-refractivity contribution in [1.82, 2.24) is 0 Å². The molecule has 0 atom stereocenters. The molecule has 0 saturated heterocycles. The summed E-state index contributed by atoms with van der Waals surface area (Å²) in [5.74, 6) is -0.427. The van der Waals surface area contributed by atoms with Gasteiger partial charge in [-0.25, -0.2) is 4.79 Å². The van der Waals surface area contributed by atoms with Crippen LogP contribution in [0.3, 0.4) is 0 Å².